The maximum Gasteiger partial charge on any atom is 0.205 e. The Hall–Kier alpha value is -1.04. The number of hydrogen-bond acceptors (Lipinski definition) is 3. The summed E-state index contributed by atoms with van der Waals surface area (Å²) >= 11 is 0. The highest BCUT2D eigenvalue weighted by Crippen LogP contribution is 2.25. The van der Waals surface area contributed by atoms with Crippen molar-refractivity contribution in [3.8, 4) is 0 Å². The molecule has 0 amide bonds. The number of ether oxygens (including phenoxy) is 1. The number of rotatable bonds is 1. The van der Waals surface area contributed by atoms with Gasteiger partial charge in [0.1, 0.15) is 11.6 Å². The smallest absolute Gasteiger partial charge is 0.205 e. The van der Waals surface area contributed by atoms with E-state index in [0.717, 1.165) is 12.1 Å². The zero-order valence-corrected chi connectivity index (χ0v) is 7.39. The van der Waals surface area contributed by atoms with Crippen LogP contribution in [0.3, 0.4) is 0 Å². The lowest BCUT2D eigenvalue weighted by Gasteiger charge is -2.24. The fourth-order valence-corrected chi connectivity index (χ4v) is 1.51. The van der Waals surface area contributed by atoms with E-state index in [9.17, 15) is 8.78 Å². The van der Waals surface area contributed by atoms with Crippen LogP contribution >= 0.6 is 0 Å². The topological polar surface area (TPSA) is 47.3 Å². The van der Waals surface area contributed by atoms with Crippen molar-refractivity contribution in [1.82, 2.24) is 5.32 Å². The SMILES string of the molecule is NC1(c2c(F)cccc2F)NCCO1. The van der Waals surface area contributed by atoms with E-state index in [2.05, 4.69) is 5.32 Å². The zero-order valence-electron chi connectivity index (χ0n) is 7.39. The van der Waals surface area contributed by atoms with E-state index in [0.29, 0.717) is 13.2 Å². The summed E-state index contributed by atoms with van der Waals surface area (Å²) in [5.74, 6) is -2.95. The summed E-state index contributed by atoms with van der Waals surface area (Å²) in [4.78, 5) is 0. The fraction of sp³-hybridized carbons (Fsp3) is 0.333. The molecule has 1 fully saturated rings. The molecule has 5 heteroatoms. The van der Waals surface area contributed by atoms with Crippen molar-refractivity contribution in [1.29, 1.82) is 0 Å². The Kier molecular flexibility index (Phi) is 2.22. The summed E-state index contributed by atoms with van der Waals surface area (Å²) < 4.78 is 31.7. The molecule has 0 aliphatic carbocycles. The summed E-state index contributed by atoms with van der Waals surface area (Å²) in [5, 5.41) is 2.71. The van der Waals surface area contributed by atoms with Gasteiger partial charge in [-0.2, -0.15) is 0 Å². The first-order valence-corrected chi connectivity index (χ1v) is 4.26. The van der Waals surface area contributed by atoms with Crippen molar-refractivity contribution in [2.24, 2.45) is 5.73 Å². The molecule has 1 atom stereocenters. The van der Waals surface area contributed by atoms with E-state index < -0.39 is 17.5 Å². The molecule has 1 aromatic carbocycles. The van der Waals surface area contributed by atoms with Gasteiger partial charge in [-0.05, 0) is 12.1 Å². The van der Waals surface area contributed by atoms with E-state index in [1.165, 1.54) is 6.07 Å². The van der Waals surface area contributed by atoms with Crippen LogP contribution in [0.15, 0.2) is 18.2 Å². The number of hydrogen-bond donors (Lipinski definition) is 2. The van der Waals surface area contributed by atoms with Gasteiger partial charge < -0.3 is 4.74 Å². The Morgan fingerprint density at radius 3 is 2.50 bits per heavy atom. The van der Waals surface area contributed by atoms with E-state index in [1.807, 2.05) is 0 Å². The maximum absolute atomic E-state index is 13.3. The summed E-state index contributed by atoms with van der Waals surface area (Å²) in [7, 11) is 0. The van der Waals surface area contributed by atoms with Crippen LogP contribution < -0.4 is 11.1 Å². The normalized spacial score (nSPS) is 26.8. The van der Waals surface area contributed by atoms with E-state index >= 15 is 0 Å². The van der Waals surface area contributed by atoms with Crippen molar-refractivity contribution < 1.29 is 13.5 Å². The highest BCUT2D eigenvalue weighted by molar-refractivity contribution is 5.25. The van der Waals surface area contributed by atoms with Gasteiger partial charge in [-0.25, -0.2) is 8.78 Å². The lowest BCUT2D eigenvalue weighted by molar-refractivity contribution is -0.0148. The van der Waals surface area contributed by atoms with Gasteiger partial charge in [0.25, 0.3) is 0 Å². The average Bonchev–Trinajstić information content (AvgIpc) is 2.52. The van der Waals surface area contributed by atoms with E-state index in [4.69, 9.17) is 10.5 Å². The second-order valence-electron chi connectivity index (χ2n) is 3.11. The van der Waals surface area contributed by atoms with Crippen molar-refractivity contribution in [3.05, 3.63) is 35.4 Å². The van der Waals surface area contributed by atoms with Crippen LogP contribution in [0.4, 0.5) is 8.78 Å². The minimum Gasteiger partial charge on any atom is -0.342 e. The molecule has 0 aromatic heterocycles. The van der Waals surface area contributed by atoms with Crippen LogP contribution in [0.1, 0.15) is 5.56 Å². The van der Waals surface area contributed by atoms with Crippen LogP contribution in [-0.4, -0.2) is 13.2 Å². The number of halogens is 2. The van der Waals surface area contributed by atoms with E-state index in [-0.39, 0.29) is 5.56 Å². The van der Waals surface area contributed by atoms with Gasteiger partial charge in [-0.1, -0.05) is 6.07 Å². The van der Waals surface area contributed by atoms with Gasteiger partial charge in [0, 0.05) is 6.54 Å². The molecule has 0 bridgehead atoms. The Morgan fingerprint density at radius 1 is 1.36 bits per heavy atom. The summed E-state index contributed by atoms with van der Waals surface area (Å²) in [6.07, 6.45) is 0. The first kappa shape index (κ1) is 9.51. The van der Waals surface area contributed by atoms with Gasteiger partial charge >= 0.3 is 0 Å². The first-order valence-electron chi connectivity index (χ1n) is 4.26. The Bertz CT molecular complexity index is 330. The third-order valence-electron chi connectivity index (χ3n) is 2.15. The minimum atomic E-state index is -1.53. The predicted molar refractivity (Wildman–Crippen MR) is 46.2 cm³/mol. The molecule has 1 saturated heterocycles. The molecule has 1 unspecified atom stereocenters. The molecule has 1 aromatic rings. The molecule has 0 spiro atoms. The van der Waals surface area contributed by atoms with Crippen LogP contribution in [-0.2, 0) is 10.6 Å². The average molecular weight is 200 g/mol. The van der Waals surface area contributed by atoms with Crippen LogP contribution in [0.2, 0.25) is 0 Å². The Balaban J connectivity index is 2.49. The molecule has 3 N–H and O–H groups in total. The molecule has 14 heavy (non-hydrogen) atoms. The standard InChI is InChI=1S/C9H10F2N2O/c10-6-2-1-3-7(11)8(6)9(12)13-4-5-14-9/h1-3,13H,4-5,12H2. The van der Waals surface area contributed by atoms with Crippen molar-refractivity contribution >= 4 is 0 Å². The summed E-state index contributed by atoms with van der Waals surface area (Å²) in [6, 6.07) is 3.58. The Morgan fingerprint density at radius 2 is 2.00 bits per heavy atom. The first-order chi connectivity index (χ1) is 6.63. The summed E-state index contributed by atoms with van der Waals surface area (Å²) in [5.41, 5.74) is 5.40. The van der Waals surface area contributed by atoms with Gasteiger partial charge in [0.2, 0.25) is 5.85 Å². The molecular weight excluding hydrogens is 190 g/mol. The second kappa shape index (κ2) is 3.27. The second-order valence-corrected chi connectivity index (χ2v) is 3.11. The van der Waals surface area contributed by atoms with Gasteiger partial charge in [0.05, 0.1) is 12.2 Å². The van der Waals surface area contributed by atoms with Crippen molar-refractivity contribution in [2.45, 2.75) is 5.85 Å². The lowest BCUT2D eigenvalue weighted by atomic mass is 10.1. The van der Waals surface area contributed by atoms with Crippen LogP contribution in [0.5, 0.6) is 0 Å². The van der Waals surface area contributed by atoms with Gasteiger partial charge in [0.15, 0.2) is 0 Å². The van der Waals surface area contributed by atoms with Crippen molar-refractivity contribution in [2.75, 3.05) is 13.2 Å². The third kappa shape index (κ3) is 1.39. The molecule has 2 rings (SSSR count). The molecule has 3 nitrogen and oxygen atoms in total. The largest absolute Gasteiger partial charge is 0.342 e. The van der Waals surface area contributed by atoms with Gasteiger partial charge in [-0.3, -0.25) is 11.1 Å². The quantitative estimate of drug-likeness (QED) is 0.699. The number of nitrogens with one attached hydrogen (secondary N) is 1. The molecule has 0 saturated carbocycles. The fourth-order valence-electron chi connectivity index (χ4n) is 1.51. The van der Waals surface area contributed by atoms with Crippen molar-refractivity contribution in [3.63, 3.8) is 0 Å². The van der Waals surface area contributed by atoms with Gasteiger partial charge in [-0.15, -0.1) is 0 Å². The molecular formula is C9H10F2N2O. The Labute approximate surface area is 79.9 Å². The zero-order chi connectivity index (χ0) is 10.2. The third-order valence-corrected chi connectivity index (χ3v) is 2.15. The molecule has 76 valence electrons. The van der Waals surface area contributed by atoms with Crippen LogP contribution in [0.25, 0.3) is 0 Å². The molecule has 1 aliphatic heterocycles. The molecule has 0 radical (unpaired) electrons. The molecule has 1 aliphatic rings. The van der Waals surface area contributed by atoms with Crippen LogP contribution in [0, 0.1) is 11.6 Å². The highest BCUT2D eigenvalue weighted by Gasteiger charge is 2.37. The van der Waals surface area contributed by atoms with E-state index in [1.54, 1.807) is 0 Å². The highest BCUT2D eigenvalue weighted by atomic mass is 19.1. The summed E-state index contributed by atoms with van der Waals surface area (Å²) in [6.45, 7) is 0.814. The number of benzene rings is 1. The number of nitrogens with two attached hydrogens (primary N) is 1. The maximum atomic E-state index is 13.3. The minimum absolute atomic E-state index is 0.266. The molecule has 1 heterocycles. The lowest BCUT2D eigenvalue weighted by Crippen LogP contribution is -2.48. The predicted octanol–water partition coefficient (Wildman–Crippen LogP) is 0.654. The monoisotopic (exact) mass is 200 g/mol.